The van der Waals surface area contributed by atoms with E-state index in [1.54, 1.807) is 24.3 Å². The van der Waals surface area contributed by atoms with Gasteiger partial charge in [0, 0.05) is 30.3 Å². The minimum Gasteiger partial charge on any atom is -0.486 e. The second-order valence-corrected chi connectivity index (χ2v) is 10.1. The second-order valence-electron chi connectivity index (χ2n) is 8.34. The molecule has 1 aliphatic rings. The molecule has 0 aliphatic carbocycles. The number of carbonyl (C=O) groups is 1. The molecule has 0 saturated heterocycles. The maximum absolute atomic E-state index is 13.2. The topological polar surface area (TPSA) is 84.5 Å². The summed E-state index contributed by atoms with van der Waals surface area (Å²) >= 11 is 0. The first-order valence-corrected chi connectivity index (χ1v) is 12.7. The van der Waals surface area contributed by atoms with Crippen molar-refractivity contribution in [2.75, 3.05) is 11.0 Å². The SMILES string of the molecule is CCC1(CC)C/C(=C\C(=O)NCc2ccc(NS(C)(=O)=O)cc2)c2ccc(C(F)(F)F)cc2O1. The standard InChI is InChI=1S/C24H27F3N2O4S/c1-4-23(5-2)14-17(20-11-8-18(24(25,26)27)13-21(20)33-23)12-22(30)28-15-16-6-9-19(10-7-16)29-34(3,31)32/h6-13,29H,4-5,14-15H2,1-3H3,(H,28,30)/b17-12+. The van der Waals surface area contributed by atoms with Crippen LogP contribution < -0.4 is 14.8 Å². The van der Waals surface area contributed by atoms with Gasteiger partial charge in [0.25, 0.3) is 0 Å². The molecule has 0 spiro atoms. The summed E-state index contributed by atoms with van der Waals surface area (Å²) in [5, 5.41) is 2.77. The summed E-state index contributed by atoms with van der Waals surface area (Å²) in [5.74, 6) is -0.264. The van der Waals surface area contributed by atoms with Gasteiger partial charge in [-0.3, -0.25) is 9.52 Å². The van der Waals surface area contributed by atoms with Crippen LogP contribution in [0.1, 0.15) is 49.8 Å². The highest BCUT2D eigenvalue weighted by atomic mass is 32.2. The van der Waals surface area contributed by atoms with Crippen LogP contribution in [-0.4, -0.2) is 26.2 Å². The van der Waals surface area contributed by atoms with Gasteiger partial charge in [0.05, 0.1) is 11.8 Å². The summed E-state index contributed by atoms with van der Waals surface area (Å²) < 4.78 is 70.6. The van der Waals surface area contributed by atoms with Crippen LogP contribution in [0.15, 0.2) is 48.5 Å². The van der Waals surface area contributed by atoms with Crippen molar-refractivity contribution in [1.29, 1.82) is 0 Å². The van der Waals surface area contributed by atoms with Crippen LogP contribution >= 0.6 is 0 Å². The van der Waals surface area contributed by atoms with E-state index in [-0.39, 0.29) is 18.2 Å². The van der Waals surface area contributed by atoms with Crippen LogP contribution in [0.25, 0.3) is 5.57 Å². The lowest BCUT2D eigenvalue weighted by atomic mass is 9.83. The lowest BCUT2D eigenvalue weighted by Gasteiger charge is -2.39. The number of carbonyl (C=O) groups excluding carboxylic acids is 1. The molecule has 34 heavy (non-hydrogen) atoms. The lowest BCUT2D eigenvalue weighted by Crippen LogP contribution is -2.38. The Morgan fingerprint density at radius 2 is 1.76 bits per heavy atom. The molecule has 2 N–H and O–H groups in total. The predicted octanol–water partition coefficient (Wildman–Crippen LogP) is 5.12. The monoisotopic (exact) mass is 496 g/mol. The van der Waals surface area contributed by atoms with Crippen molar-refractivity contribution in [3.05, 3.63) is 65.2 Å². The maximum Gasteiger partial charge on any atom is 0.416 e. The van der Waals surface area contributed by atoms with Gasteiger partial charge in [-0.25, -0.2) is 8.42 Å². The van der Waals surface area contributed by atoms with Crippen LogP contribution in [-0.2, 0) is 27.5 Å². The summed E-state index contributed by atoms with van der Waals surface area (Å²) in [6, 6.07) is 9.87. The highest BCUT2D eigenvalue weighted by Gasteiger charge is 2.38. The van der Waals surface area contributed by atoms with Crippen molar-refractivity contribution >= 4 is 27.2 Å². The van der Waals surface area contributed by atoms with Crippen molar-refractivity contribution in [2.45, 2.75) is 51.4 Å². The third-order valence-corrected chi connectivity index (χ3v) is 6.42. The number of fused-ring (bicyclic) bond motifs is 1. The van der Waals surface area contributed by atoms with Gasteiger partial charge in [-0.15, -0.1) is 0 Å². The molecule has 0 radical (unpaired) electrons. The molecule has 2 aromatic rings. The smallest absolute Gasteiger partial charge is 0.416 e. The highest BCUT2D eigenvalue weighted by molar-refractivity contribution is 7.92. The molecule has 184 valence electrons. The van der Waals surface area contributed by atoms with Crippen molar-refractivity contribution in [1.82, 2.24) is 5.32 Å². The number of nitrogens with one attached hydrogen (secondary N) is 2. The molecule has 3 rings (SSSR count). The summed E-state index contributed by atoms with van der Waals surface area (Å²) in [5.41, 5.74) is 0.760. The number of halogens is 3. The molecule has 0 atom stereocenters. The summed E-state index contributed by atoms with van der Waals surface area (Å²) in [6.07, 6.45) is -0.479. The first-order chi connectivity index (χ1) is 15.8. The fraction of sp³-hybridized carbons (Fsp3) is 0.375. The third kappa shape index (κ3) is 6.31. The van der Waals surface area contributed by atoms with E-state index in [0.29, 0.717) is 36.1 Å². The maximum atomic E-state index is 13.2. The average Bonchev–Trinajstić information content (AvgIpc) is 2.76. The molecule has 0 aromatic heterocycles. The first kappa shape index (κ1) is 25.6. The molecule has 1 aliphatic heterocycles. The molecule has 0 unspecified atom stereocenters. The quantitative estimate of drug-likeness (QED) is 0.522. The molecule has 10 heteroatoms. The van der Waals surface area contributed by atoms with Crippen molar-refractivity contribution in [3.8, 4) is 5.75 Å². The second kappa shape index (κ2) is 9.69. The molecular weight excluding hydrogens is 469 g/mol. The van der Waals surface area contributed by atoms with E-state index in [1.165, 1.54) is 12.1 Å². The number of alkyl halides is 3. The Kier molecular flexibility index (Phi) is 7.30. The van der Waals surface area contributed by atoms with Gasteiger partial charge < -0.3 is 10.1 Å². The van der Waals surface area contributed by atoms with Crippen LogP contribution in [0.5, 0.6) is 5.75 Å². The van der Waals surface area contributed by atoms with Gasteiger partial charge in [0.15, 0.2) is 0 Å². The van der Waals surface area contributed by atoms with Gasteiger partial charge in [0.1, 0.15) is 11.4 Å². The van der Waals surface area contributed by atoms with Crippen LogP contribution in [0, 0.1) is 0 Å². The zero-order valence-corrected chi connectivity index (χ0v) is 19.9. The Bertz CT molecular complexity index is 1190. The summed E-state index contributed by atoms with van der Waals surface area (Å²) in [6.45, 7) is 4.01. The zero-order chi connectivity index (χ0) is 25.1. The molecule has 1 amide bonds. The Balaban J connectivity index is 1.80. The molecule has 2 aromatic carbocycles. The third-order valence-electron chi connectivity index (χ3n) is 5.81. The van der Waals surface area contributed by atoms with E-state index in [1.807, 2.05) is 13.8 Å². The molecule has 6 nitrogen and oxygen atoms in total. The predicted molar refractivity (Wildman–Crippen MR) is 125 cm³/mol. The normalized spacial score (nSPS) is 16.5. The fourth-order valence-corrected chi connectivity index (χ4v) is 4.40. The highest BCUT2D eigenvalue weighted by Crippen LogP contribution is 2.45. The van der Waals surface area contributed by atoms with E-state index in [4.69, 9.17) is 4.74 Å². The number of benzene rings is 2. The minimum atomic E-state index is -4.50. The molecule has 0 fully saturated rings. The zero-order valence-electron chi connectivity index (χ0n) is 19.1. The number of amides is 1. The Morgan fingerprint density at radius 3 is 2.32 bits per heavy atom. The van der Waals surface area contributed by atoms with E-state index in [9.17, 15) is 26.4 Å². The largest absolute Gasteiger partial charge is 0.486 e. The lowest BCUT2D eigenvalue weighted by molar-refractivity contribution is -0.137. The van der Waals surface area contributed by atoms with Crippen molar-refractivity contribution in [2.24, 2.45) is 0 Å². The van der Waals surface area contributed by atoms with E-state index < -0.39 is 27.4 Å². The van der Waals surface area contributed by atoms with Gasteiger partial charge >= 0.3 is 6.18 Å². The van der Waals surface area contributed by atoms with E-state index in [0.717, 1.165) is 24.0 Å². The number of hydrogen-bond acceptors (Lipinski definition) is 4. The number of hydrogen-bond donors (Lipinski definition) is 2. The number of ether oxygens (including phenoxy) is 1. The Morgan fingerprint density at radius 1 is 1.12 bits per heavy atom. The van der Waals surface area contributed by atoms with Crippen molar-refractivity contribution < 1.29 is 31.1 Å². The van der Waals surface area contributed by atoms with Gasteiger partial charge in [-0.2, -0.15) is 13.2 Å². The minimum absolute atomic E-state index is 0.123. The first-order valence-electron chi connectivity index (χ1n) is 10.8. The van der Waals surface area contributed by atoms with Gasteiger partial charge in [-0.1, -0.05) is 32.0 Å². The van der Waals surface area contributed by atoms with Gasteiger partial charge in [0.2, 0.25) is 15.9 Å². The number of rotatable bonds is 7. The molecule has 0 bridgehead atoms. The summed E-state index contributed by atoms with van der Waals surface area (Å²) in [7, 11) is -3.38. The number of sulfonamides is 1. The Hall–Kier alpha value is -3.01. The van der Waals surface area contributed by atoms with Crippen LogP contribution in [0.2, 0.25) is 0 Å². The molecule has 1 heterocycles. The van der Waals surface area contributed by atoms with E-state index >= 15 is 0 Å². The summed E-state index contributed by atoms with van der Waals surface area (Å²) in [4.78, 5) is 12.7. The molecular formula is C24H27F3N2O4S. The average molecular weight is 497 g/mol. The Labute approximate surface area is 197 Å². The fourth-order valence-electron chi connectivity index (χ4n) is 3.84. The van der Waals surface area contributed by atoms with Crippen molar-refractivity contribution in [3.63, 3.8) is 0 Å². The van der Waals surface area contributed by atoms with Gasteiger partial charge in [-0.05, 0) is 48.2 Å². The van der Waals surface area contributed by atoms with Crippen LogP contribution in [0.4, 0.5) is 18.9 Å². The van der Waals surface area contributed by atoms with E-state index in [2.05, 4.69) is 10.0 Å². The number of anilines is 1. The van der Waals surface area contributed by atoms with Crippen LogP contribution in [0.3, 0.4) is 0 Å². The molecule has 0 saturated carbocycles.